The summed E-state index contributed by atoms with van der Waals surface area (Å²) in [5.74, 6) is 0.735. The van der Waals surface area contributed by atoms with Crippen molar-refractivity contribution in [3.05, 3.63) is 65.7 Å². The van der Waals surface area contributed by atoms with Gasteiger partial charge in [-0.3, -0.25) is 9.97 Å². The molecule has 1 aliphatic rings. The summed E-state index contributed by atoms with van der Waals surface area (Å²) in [6, 6.07) is 14.4. The second-order valence-corrected chi connectivity index (χ2v) is 8.44. The largest absolute Gasteiger partial charge is 0.415 e. The van der Waals surface area contributed by atoms with E-state index in [-0.39, 0.29) is 9.27 Å². The van der Waals surface area contributed by atoms with E-state index in [0.717, 1.165) is 43.7 Å². The van der Waals surface area contributed by atoms with Crippen LogP contribution in [-0.2, 0) is 17.7 Å². The molecule has 0 atom stereocenters. The minimum Gasteiger partial charge on any atom is -0.415 e. The Morgan fingerprint density at radius 3 is 2.66 bits per heavy atom. The van der Waals surface area contributed by atoms with Gasteiger partial charge in [-0.25, -0.2) is 4.98 Å². The molecule has 1 N–H and O–H groups in total. The van der Waals surface area contributed by atoms with Crippen LogP contribution in [0.3, 0.4) is 0 Å². The van der Waals surface area contributed by atoms with Gasteiger partial charge in [0.05, 0.1) is 35.8 Å². The molecule has 0 aliphatic carbocycles. The van der Waals surface area contributed by atoms with E-state index in [2.05, 4.69) is 43.7 Å². The van der Waals surface area contributed by atoms with E-state index >= 15 is 0 Å². The summed E-state index contributed by atoms with van der Waals surface area (Å²) in [4.78, 5) is 13.4. The van der Waals surface area contributed by atoms with Crippen LogP contribution in [0.25, 0.3) is 34.3 Å². The first-order chi connectivity index (χ1) is 17.2. The number of nitrogens with one attached hydrogen (secondary N) is 1. The molecule has 180 valence electrons. The van der Waals surface area contributed by atoms with Crippen LogP contribution >= 0.6 is 0 Å². The second-order valence-electron chi connectivity index (χ2n) is 8.44. The third kappa shape index (κ3) is 5.40. The Balaban J connectivity index is 0.00000190. The van der Waals surface area contributed by atoms with Crippen LogP contribution in [0.4, 0.5) is 0 Å². The molecule has 0 amide bonds. The zero-order valence-electron chi connectivity index (χ0n) is 19.4. The number of aromatic nitrogens is 5. The quantitative estimate of drug-likeness (QED) is 0.418. The molecular formula is C26H29N7O2. The summed E-state index contributed by atoms with van der Waals surface area (Å²) in [6.45, 7) is 4.32. The van der Waals surface area contributed by atoms with Crippen molar-refractivity contribution in [3.8, 4) is 40.4 Å². The lowest BCUT2D eigenvalue weighted by Crippen LogP contribution is -2.34. The van der Waals surface area contributed by atoms with Crippen molar-refractivity contribution in [2.24, 2.45) is 0 Å². The standard InChI is InChI=1S/C26H25N7O2.2H2/c1-17-24(31-23(16-29-17)20-7-11-28-22(14-20)6-10-27)26-33-32-25(35-26)19-4-2-18(3-5-19)15-30-21-8-12-34-13-9-21;;/h2-5,7,11,14,16,21,30H,6,8-9,12-13,15H2,1H3;2*1H. The van der Waals surface area contributed by atoms with Gasteiger partial charge in [0.25, 0.3) is 5.89 Å². The van der Waals surface area contributed by atoms with Crippen LogP contribution in [0.1, 0.15) is 32.6 Å². The van der Waals surface area contributed by atoms with Crippen LogP contribution in [0.15, 0.2) is 53.2 Å². The fourth-order valence-corrected chi connectivity index (χ4v) is 3.97. The first-order valence-corrected chi connectivity index (χ1v) is 11.6. The van der Waals surface area contributed by atoms with E-state index in [9.17, 15) is 0 Å². The van der Waals surface area contributed by atoms with Crippen LogP contribution < -0.4 is 5.32 Å². The third-order valence-electron chi connectivity index (χ3n) is 5.97. The van der Waals surface area contributed by atoms with Gasteiger partial charge in [-0.15, -0.1) is 10.2 Å². The molecule has 9 nitrogen and oxygen atoms in total. The molecule has 5 rings (SSSR count). The number of nitriles is 1. The highest BCUT2D eigenvalue weighted by Gasteiger charge is 2.17. The van der Waals surface area contributed by atoms with Crippen molar-refractivity contribution in [2.75, 3.05) is 13.2 Å². The molecule has 0 saturated carbocycles. The van der Waals surface area contributed by atoms with E-state index in [1.807, 2.05) is 31.2 Å². The topological polar surface area (TPSA) is 123 Å². The van der Waals surface area contributed by atoms with E-state index in [4.69, 9.17) is 19.4 Å². The lowest BCUT2D eigenvalue weighted by atomic mass is 10.1. The minimum absolute atomic E-state index is 0. The Bertz CT molecular complexity index is 1350. The fourth-order valence-electron chi connectivity index (χ4n) is 3.97. The minimum atomic E-state index is 0. The van der Waals surface area contributed by atoms with Gasteiger partial charge in [0.1, 0.15) is 5.69 Å². The van der Waals surface area contributed by atoms with E-state index in [1.54, 1.807) is 12.4 Å². The average molecular weight is 472 g/mol. The zero-order chi connectivity index (χ0) is 24.0. The van der Waals surface area contributed by atoms with Gasteiger partial charge in [-0.1, -0.05) is 12.1 Å². The van der Waals surface area contributed by atoms with E-state index in [0.29, 0.717) is 40.6 Å². The summed E-state index contributed by atoms with van der Waals surface area (Å²) >= 11 is 0. The molecular weight excluding hydrogens is 442 g/mol. The molecule has 1 fully saturated rings. The predicted molar refractivity (Wildman–Crippen MR) is 133 cm³/mol. The number of benzene rings is 1. The lowest BCUT2D eigenvalue weighted by Gasteiger charge is -2.23. The van der Waals surface area contributed by atoms with Crippen LogP contribution in [0.5, 0.6) is 0 Å². The number of aryl methyl sites for hydroxylation is 1. The second kappa shape index (κ2) is 10.5. The Hall–Kier alpha value is -4.00. The molecule has 0 radical (unpaired) electrons. The number of hydrogen-bond acceptors (Lipinski definition) is 9. The predicted octanol–water partition coefficient (Wildman–Crippen LogP) is 4.39. The number of pyridine rings is 1. The molecule has 0 spiro atoms. The number of ether oxygens (including phenoxy) is 1. The van der Waals surface area contributed by atoms with Crippen molar-refractivity contribution in [1.82, 2.24) is 30.5 Å². The van der Waals surface area contributed by atoms with Crippen molar-refractivity contribution in [2.45, 2.75) is 38.8 Å². The number of nitrogens with zero attached hydrogens (tertiary/aromatic N) is 6. The first kappa shape index (κ1) is 22.8. The zero-order valence-corrected chi connectivity index (χ0v) is 19.4. The van der Waals surface area contributed by atoms with Crippen LogP contribution in [-0.4, -0.2) is 44.4 Å². The van der Waals surface area contributed by atoms with Crippen molar-refractivity contribution >= 4 is 0 Å². The monoisotopic (exact) mass is 471 g/mol. The highest BCUT2D eigenvalue weighted by Crippen LogP contribution is 2.27. The molecule has 1 saturated heterocycles. The molecule has 0 bridgehead atoms. The summed E-state index contributed by atoms with van der Waals surface area (Å²) in [7, 11) is 0. The lowest BCUT2D eigenvalue weighted by molar-refractivity contribution is 0.0776. The van der Waals surface area contributed by atoms with Gasteiger partial charge >= 0.3 is 0 Å². The molecule has 4 aromatic rings. The van der Waals surface area contributed by atoms with Crippen molar-refractivity contribution in [3.63, 3.8) is 0 Å². The van der Waals surface area contributed by atoms with Gasteiger partial charge in [-0.05, 0) is 49.6 Å². The maximum absolute atomic E-state index is 8.95. The summed E-state index contributed by atoms with van der Waals surface area (Å²) in [5, 5.41) is 21.0. The van der Waals surface area contributed by atoms with E-state index in [1.165, 1.54) is 5.56 Å². The van der Waals surface area contributed by atoms with Gasteiger partial charge in [0.2, 0.25) is 5.89 Å². The molecule has 9 heteroatoms. The van der Waals surface area contributed by atoms with Crippen molar-refractivity contribution < 1.29 is 12.0 Å². The average Bonchev–Trinajstić information content (AvgIpc) is 3.39. The normalized spacial score (nSPS) is 14.1. The number of rotatable bonds is 7. The van der Waals surface area contributed by atoms with Gasteiger partial charge in [0, 0.05) is 46.0 Å². The number of hydrogen-bond donors (Lipinski definition) is 1. The first-order valence-electron chi connectivity index (χ1n) is 11.6. The molecule has 0 unspecified atom stereocenters. The maximum atomic E-state index is 8.95. The van der Waals surface area contributed by atoms with Gasteiger partial charge < -0.3 is 14.5 Å². The molecule has 1 aliphatic heterocycles. The Kier molecular flexibility index (Phi) is 6.84. The molecule has 35 heavy (non-hydrogen) atoms. The highest BCUT2D eigenvalue weighted by molar-refractivity contribution is 5.63. The third-order valence-corrected chi connectivity index (χ3v) is 5.97. The van der Waals surface area contributed by atoms with Gasteiger partial charge in [-0.2, -0.15) is 5.26 Å². The molecule has 3 aromatic heterocycles. The summed E-state index contributed by atoms with van der Waals surface area (Å²) < 4.78 is 11.4. The van der Waals surface area contributed by atoms with Crippen LogP contribution in [0, 0.1) is 18.3 Å². The van der Waals surface area contributed by atoms with E-state index < -0.39 is 0 Å². The maximum Gasteiger partial charge on any atom is 0.268 e. The summed E-state index contributed by atoms with van der Waals surface area (Å²) in [5.41, 5.74) is 5.40. The Morgan fingerprint density at radius 2 is 1.86 bits per heavy atom. The smallest absolute Gasteiger partial charge is 0.268 e. The Morgan fingerprint density at radius 1 is 1.06 bits per heavy atom. The highest BCUT2D eigenvalue weighted by atomic mass is 16.5. The molecule has 1 aromatic carbocycles. The SMILES string of the molecule is Cc1ncc(-c2ccnc(CC#N)c2)nc1-c1nnc(-c2ccc(CNC3CCOCC3)cc2)o1.[HH].[HH]. The van der Waals surface area contributed by atoms with Crippen LogP contribution in [0.2, 0.25) is 0 Å². The molecule has 4 heterocycles. The Labute approximate surface area is 206 Å². The van der Waals surface area contributed by atoms with Gasteiger partial charge in [0.15, 0.2) is 0 Å². The summed E-state index contributed by atoms with van der Waals surface area (Å²) in [6.07, 6.45) is 5.69. The fraction of sp³-hybridized carbons (Fsp3) is 0.308. The van der Waals surface area contributed by atoms with Crippen molar-refractivity contribution in [1.29, 1.82) is 5.26 Å².